The van der Waals surface area contributed by atoms with Crippen molar-refractivity contribution < 1.29 is 27.8 Å². The number of carbonyl (C=O) groups is 1. The standard InChI is InChI=1S/C8H6F3NO3/c1-15-6-3-4(7(13)14)2-5(12-6)8(9,10)11/h2-3H,1H3,(H,13,14). The molecule has 0 aliphatic carbocycles. The normalized spacial score (nSPS) is 11.2. The van der Waals surface area contributed by atoms with Gasteiger partial charge in [0.1, 0.15) is 5.69 Å². The van der Waals surface area contributed by atoms with Crippen LogP contribution in [0.1, 0.15) is 16.1 Å². The van der Waals surface area contributed by atoms with Crippen LogP contribution in [-0.4, -0.2) is 23.2 Å². The van der Waals surface area contributed by atoms with E-state index in [0.717, 1.165) is 13.2 Å². The van der Waals surface area contributed by atoms with E-state index in [9.17, 15) is 18.0 Å². The van der Waals surface area contributed by atoms with E-state index in [1.807, 2.05) is 0 Å². The summed E-state index contributed by atoms with van der Waals surface area (Å²) in [6, 6.07) is 1.36. The van der Waals surface area contributed by atoms with Gasteiger partial charge in [-0.15, -0.1) is 0 Å². The number of alkyl halides is 3. The Morgan fingerprint density at radius 2 is 2.07 bits per heavy atom. The van der Waals surface area contributed by atoms with E-state index in [0.29, 0.717) is 6.07 Å². The van der Waals surface area contributed by atoms with Crippen molar-refractivity contribution in [3.63, 3.8) is 0 Å². The highest BCUT2D eigenvalue weighted by Gasteiger charge is 2.34. The molecule has 1 N–H and O–H groups in total. The van der Waals surface area contributed by atoms with Gasteiger partial charge in [0, 0.05) is 6.07 Å². The Kier molecular flexibility index (Phi) is 2.83. The van der Waals surface area contributed by atoms with Gasteiger partial charge in [0.2, 0.25) is 5.88 Å². The first-order chi connectivity index (χ1) is 6.84. The molecule has 0 aliphatic rings. The lowest BCUT2D eigenvalue weighted by atomic mass is 10.2. The van der Waals surface area contributed by atoms with E-state index in [1.54, 1.807) is 0 Å². The van der Waals surface area contributed by atoms with Crippen molar-refractivity contribution in [1.82, 2.24) is 4.98 Å². The molecule has 0 unspecified atom stereocenters. The average molecular weight is 221 g/mol. The number of methoxy groups -OCH3 is 1. The number of nitrogens with zero attached hydrogens (tertiary/aromatic N) is 1. The molecule has 0 aliphatic heterocycles. The molecule has 15 heavy (non-hydrogen) atoms. The molecule has 1 aromatic heterocycles. The van der Waals surface area contributed by atoms with Crippen LogP contribution in [0, 0.1) is 0 Å². The number of aromatic carboxylic acids is 1. The Balaban J connectivity index is 3.30. The Labute approximate surface area is 82.3 Å². The van der Waals surface area contributed by atoms with Crippen molar-refractivity contribution in [1.29, 1.82) is 0 Å². The zero-order chi connectivity index (χ0) is 11.6. The first-order valence-electron chi connectivity index (χ1n) is 3.71. The fraction of sp³-hybridized carbons (Fsp3) is 0.250. The maximum Gasteiger partial charge on any atom is 0.433 e. The van der Waals surface area contributed by atoms with E-state index in [2.05, 4.69) is 9.72 Å². The first kappa shape index (κ1) is 11.3. The van der Waals surface area contributed by atoms with Crippen LogP contribution in [0.4, 0.5) is 13.2 Å². The summed E-state index contributed by atoms with van der Waals surface area (Å²) >= 11 is 0. The molecule has 0 fully saturated rings. The Morgan fingerprint density at radius 1 is 1.47 bits per heavy atom. The minimum absolute atomic E-state index is 0.387. The summed E-state index contributed by atoms with van der Waals surface area (Å²) in [5.74, 6) is -1.86. The Morgan fingerprint density at radius 3 is 2.47 bits per heavy atom. The molecule has 1 heterocycles. The number of carboxylic acids is 1. The second-order valence-electron chi connectivity index (χ2n) is 2.59. The Hall–Kier alpha value is -1.79. The predicted molar refractivity (Wildman–Crippen MR) is 42.8 cm³/mol. The van der Waals surface area contributed by atoms with Crippen molar-refractivity contribution in [2.45, 2.75) is 6.18 Å². The number of hydrogen-bond donors (Lipinski definition) is 1. The van der Waals surface area contributed by atoms with E-state index in [4.69, 9.17) is 5.11 Å². The van der Waals surface area contributed by atoms with Gasteiger partial charge in [-0.3, -0.25) is 0 Å². The maximum atomic E-state index is 12.2. The number of hydrogen-bond acceptors (Lipinski definition) is 3. The molecule has 82 valence electrons. The fourth-order valence-electron chi connectivity index (χ4n) is 0.879. The van der Waals surface area contributed by atoms with Gasteiger partial charge < -0.3 is 9.84 Å². The van der Waals surface area contributed by atoms with Crippen LogP contribution in [0.3, 0.4) is 0 Å². The van der Waals surface area contributed by atoms with Crippen molar-refractivity contribution in [2.24, 2.45) is 0 Å². The van der Waals surface area contributed by atoms with Gasteiger partial charge in [-0.05, 0) is 6.07 Å². The number of halogens is 3. The molecule has 0 spiro atoms. The highest BCUT2D eigenvalue weighted by molar-refractivity contribution is 5.88. The molecular formula is C8H6F3NO3. The largest absolute Gasteiger partial charge is 0.481 e. The molecule has 1 rings (SSSR count). The second-order valence-corrected chi connectivity index (χ2v) is 2.59. The summed E-state index contributed by atoms with van der Waals surface area (Å²) in [6.45, 7) is 0. The SMILES string of the molecule is COc1cc(C(=O)O)cc(C(F)(F)F)n1. The summed E-state index contributed by atoms with van der Waals surface area (Å²) in [5, 5.41) is 8.54. The van der Waals surface area contributed by atoms with Crippen molar-refractivity contribution in [3.8, 4) is 5.88 Å². The monoisotopic (exact) mass is 221 g/mol. The van der Waals surface area contributed by atoms with Crippen LogP contribution in [0.5, 0.6) is 5.88 Å². The summed E-state index contributed by atoms with van der Waals surface area (Å²) in [7, 11) is 1.11. The highest BCUT2D eigenvalue weighted by atomic mass is 19.4. The summed E-state index contributed by atoms with van der Waals surface area (Å²) < 4.78 is 41.2. The van der Waals surface area contributed by atoms with Crippen LogP contribution in [0.15, 0.2) is 12.1 Å². The molecule has 0 amide bonds. The molecule has 1 aromatic rings. The predicted octanol–water partition coefficient (Wildman–Crippen LogP) is 1.81. The smallest absolute Gasteiger partial charge is 0.433 e. The summed E-state index contributed by atoms with van der Waals surface area (Å²) in [4.78, 5) is 13.6. The summed E-state index contributed by atoms with van der Waals surface area (Å²) in [6.07, 6.45) is -4.70. The van der Waals surface area contributed by atoms with Gasteiger partial charge in [0.15, 0.2) is 0 Å². The number of pyridine rings is 1. The molecule has 0 atom stereocenters. The summed E-state index contributed by atoms with van der Waals surface area (Å²) in [5.41, 5.74) is -1.81. The molecular weight excluding hydrogens is 215 g/mol. The minimum atomic E-state index is -4.70. The maximum absolute atomic E-state index is 12.2. The van der Waals surface area contributed by atoms with E-state index in [1.165, 1.54) is 0 Å². The number of carboxylic acid groups (broad SMARTS) is 1. The molecule has 0 bridgehead atoms. The van der Waals surface area contributed by atoms with Crippen molar-refractivity contribution in [3.05, 3.63) is 23.4 Å². The van der Waals surface area contributed by atoms with Crippen molar-refractivity contribution >= 4 is 5.97 Å². The average Bonchev–Trinajstić information content (AvgIpc) is 2.15. The van der Waals surface area contributed by atoms with Gasteiger partial charge in [-0.2, -0.15) is 13.2 Å². The van der Waals surface area contributed by atoms with E-state index < -0.39 is 23.4 Å². The van der Waals surface area contributed by atoms with Gasteiger partial charge in [-0.25, -0.2) is 9.78 Å². The lowest BCUT2D eigenvalue weighted by Crippen LogP contribution is -2.11. The molecule has 7 heteroatoms. The molecule has 4 nitrogen and oxygen atoms in total. The lowest BCUT2D eigenvalue weighted by Gasteiger charge is -2.08. The quantitative estimate of drug-likeness (QED) is 0.827. The lowest BCUT2D eigenvalue weighted by molar-refractivity contribution is -0.141. The van der Waals surface area contributed by atoms with Crippen LogP contribution < -0.4 is 4.74 Å². The zero-order valence-corrected chi connectivity index (χ0v) is 7.50. The Bertz CT molecular complexity index is 389. The van der Waals surface area contributed by atoms with Crippen LogP contribution in [0.25, 0.3) is 0 Å². The van der Waals surface area contributed by atoms with Gasteiger partial charge in [-0.1, -0.05) is 0 Å². The highest BCUT2D eigenvalue weighted by Crippen LogP contribution is 2.29. The minimum Gasteiger partial charge on any atom is -0.481 e. The van der Waals surface area contributed by atoms with Gasteiger partial charge >= 0.3 is 12.1 Å². The number of aromatic nitrogens is 1. The number of ether oxygens (including phenoxy) is 1. The van der Waals surface area contributed by atoms with Crippen LogP contribution >= 0.6 is 0 Å². The number of rotatable bonds is 2. The molecule has 0 saturated heterocycles. The van der Waals surface area contributed by atoms with E-state index >= 15 is 0 Å². The second kappa shape index (κ2) is 3.76. The van der Waals surface area contributed by atoms with Crippen LogP contribution in [-0.2, 0) is 6.18 Å². The third kappa shape index (κ3) is 2.58. The van der Waals surface area contributed by atoms with E-state index in [-0.39, 0.29) is 5.88 Å². The molecule has 0 saturated carbocycles. The zero-order valence-electron chi connectivity index (χ0n) is 7.50. The third-order valence-electron chi connectivity index (χ3n) is 1.55. The fourth-order valence-corrected chi connectivity index (χ4v) is 0.879. The molecule has 0 radical (unpaired) electrons. The third-order valence-corrected chi connectivity index (χ3v) is 1.55. The molecule has 0 aromatic carbocycles. The van der Waals surface area contributed by atoms with Gasteiger partial charge in [0.05, 0.1) is 12.7 Å². The topological polar surface area (TPSA) is 59.4 Å². The van der Waals surface area contributed by atoms with Gasteiger partial charge in [0.25, 0.3) is 0 Å². The van der Waals surface area contributed by atoms with Crippen molar-refractivity contribution in [2.75, 3.05) is 7.11 Å². The first-order valence-corrected chi connectivity index (χ1v) is 3.71. The van der Waals surface area contributed by atoms with Crippen LogP contribution in [0.2, 0.25) is 0 Å².